The molecule has 0 aromatic carbocycles. The molecule has 0 bridgehead atoms. The van der Waals surface area contributed by atoms with Gasteiger partial charge in [0.25, 0.3) is 0 Å². The highest BCUT2D eigenvalue weighted by atomic mass is 32.2. The molecule has 2 heteroatoms. The van der Waals surface area contributed by atoms with E-state index in [2.05, 4.69) is 24.9 Å². The third kappa shape index (κ3) is 5.89. The first-order valence-corrected chi connectivity index (χ1v) is 4.67. The minimum absolute atomic E-state index is 1.07. The monoisotopic (exact) mass is 157 g/mol. The van der Waals surface area contributed by atoms with Gasteiger partial charge in [-0.05, 0) is 19.1 Å². The third-order valence-electron chi connectivity index (χ3n) is 0.997. The Kier molecular flexibility index (Phi) is 6.71. The van der Waals surface area contributed by atoms with Crippen molar-refractivity contribution in [2.75, 3.05) is 5.75 Å². The highest BCUT2D eigenvalue weighted by Gasteiger charge is 1.78. The van der Waals surface area contributed by atoms with E-state index in [1.165, 1.54) is 0 Å². The second-order valence-corrected chi connectivity index (χ2v) is 3.07. The highest BCUT2D eigenvalue weighted by Crippen LogP contribution is 1.99. The van der Waals surface area contributed by atoms with Gasteiger partial charge in [-0.3, -0.25) is 4.99 Å². The van der Waals surface area contributed by atoms with E-state index in [1.807, 2.05) is 12.5 Å². The second kappa shape index (κ2) is 6.87. The standard InChI is InChI=1S/C8H15NS/c1-4-6-8(3)9-7-10-5-2/h6-7H,4-5H2,1-3H3/b8-6+,9-7-. The Balaban J connectivity index is 3.55. The number of rotatable bonds is 4. The summed E-state index contributed by atoms with van der Waals surface area (Å²) >= 11 is 1.73. The topological polar surface area (TPSA) is 12.4 Å². The van der Waals surface area contributed by atoms with E-state index in [0.29, 0.717) is 0 Å². The molecular weight excluding hydrogens is 142 g/mol. The number of thioether (sulfide) groups is 1. The quantitative estimate of drug-likeness (QED) is 0.451. The van der Waals surface area contributed by atoms with Crippen LogP contribution in [0, 0.1) is 0 Å². The van der Waals surface area contributed by atoms with Crippen LogP contribution < -0.4 is 0 Å². The number of nitrogens with zero attached hydrogens (tertiary/aromatic N) is 1. The van der Waals surface area contributed by atoms with Gasteiger partial charge >= 0.3 is 0 Å². The van der Waals surface area contributed by atoms with Crippen molar-refractivity contribution < 1.29 is 0 Å². The molecular formula is C8H15NS. The Labute approximate surface area is 67.6 Å². The fourth-order valence-corrected chi connectivity index (χ4v) is 0.933. The molecule has 0 aliphatic rings. The third-order valence-corrected chi connectivity index (χ3v) is 1.58. The van der Waals surface area contributed by atoms with Gasteiger partial charge in [0.2, 0.25) is 0 Å². The lowest BCUT2D eigenvalue weighted by Crippen LogP contribution is -1.71. The molecule has 0 N–H and O–H groups in total. The number of hydrogen-bond donors (Lipinski definition) is 0. The van der Waals surface area contributed by atoms with Crippen molar-refractivity contribution in [1.29, 1.82) is 0 Å². The molecule has 0 amide bonds. The van der Waals surface area contributed by atoms with Gasteiger partial charge in [-0.2, -0.15) is 0 Å². The van der Waals surface area contributed by atoms with Crippen LogP contribution in [0.1, 0.15) is 27.2 Å². The van der Waals surface area contributed by atoms with Gasteiger partial charge in [0.1, 0.15) is 0 Å². The van der Waals surface area contributed by atoms with Gasteiger partial charge < -0.3 is 0 Å². The van der Waals surface area contributed by atoms with E-state index in [-0.39, 0.29) is 0 Å². The van der Waals surface area contributed by atoms with Crippen molar-refractivity contribution in [3.05, 3.63) is 11.8 Å². The van der Waals surface area contributed by atoms with Crippen LogP contribution in [0.15, 0.2) is 16.8 Å². The van der Waals surface area contributed by atoms with Gasteiger partial charge in [-0.15, -0.1) is 11.8 Å². The van der Waals surface area contributed by atoms with Crippen LogP contribution in [-0.2, 0) is 0 Å². The molecule has 0 radical (unpaired) electrons. The van der Waals surface area contributed by atoms with E-state index < -0.39 is 0 Å². The summed E-state index contributed by atoms with van der Waals surface area (Å²) < 4.78 is 0. The van der Waals surface area contributed by atoms with E-state index >= 15 is 0 Å². The Morgan fingerprint density at radius 3 is 2.70 bits per heavy atom. The number of hydrogen-bond acceptors (Lipinski definition) is 2. The Morgan fingerprint density at radius 2 is 2.20 bits per heavy atom. The predicted octanol–water partition coefficient (Wildman–Crippen LogP) is 3.08. The molecule has 10 heavy (non-hydrogen) atoms. The minimum Gasteiger partial charge on any atom is -0.255 e. The van der Waals surface area contributed by atoms with E-state index in [0.717, 1.165) is 17.9 Å². The molecule has 0 saturated heterocycles. The zero-order valence-electron chi connectivity index (χ0n) is 6.92. The van der Waals surface area contributed by atoms with E-state index in [9.17, 15) is 0 Å². The smallest absolute Gasteiger partial charge is 0.0599 e. The van der Waals surface area contributed by atoms with Gasteiger partial charge in [0, 0.05) is 5.70 Å². The van der Waals surface area contributed by atoms with Crippen molar-refractivity contribution in [1.82, 2.24) is 0 Å². The highest BCUT2D eigenvalue weighted by molar-refractivity contribution is 8.12. The van der Waals surface area contributed by atoms with Crippen LogP contribution in [0.2, 0.25) is 0 Å². The second-order valence-electron chi connectivity index (χ2n) is 1.94. The maximum absolute atomic E-state index is 4.20. The van der Waals surface area contributed by atoms with Crippen molar-refractivity contribution >= 4 is 17.3 Å². The number of aliphatic imine (C=N–C) groups is 1. The fraction of sp³-hybridized carbons (Fsp3) is 0.625. The molecule has 0 fully saturated rings. The SMILES string of the molecule is CC/C=C(C)/N=C\SCC. The largest absolute Gasteiger partial charge is 0.255 e. The van der Waals surface area contributed by atoms with Crippen LogP contribution in [-0.4, -0.2) is 11.3 Å². The molecule has 0 unspecified atom stereocenters. The van der Waals surface area contributed by atoms with Gasteiger partial charge in [0.15, 0.2) is 0 Å². The predicted molar refractivity (Wildman–Crippen MR) is 50.7 cm³/mol. The molecule has 0 heterocycles. The first-order chi connectivity index (χ1) is 4.81. The molecule has 0 aliphatic carbocycles. The summed E-state index contributed by atoms with van der Waals surface area (Å²) in [5.41, 5.74) is 3.02. The molecule has 58 valence electrons. The lowest BCUT2D eigenvalue weighted by atomic mass is 10.4. The Morgan fingerprint density at radius 1 is 1.50 bits per heavy atom. The van der Waals surface area contributed by atoms with Crippen molar-refractivity contribution in [2.24, 2.45) is 4.99 Å². The molecule has 0 atom stereocenters. The normalized spacial score (nSPS) is 12.9. The Hall–Kier alpha value is -0.240. The lowest BCUT2D eigenvalue weighted by Gasteiger charge is -1.88. The average Bonchev–Trinajstić information content (AvgIpc) is 1.89. The molecule has 0 spiro atoms. The van der Waals surface area contributed by atoms with Crippen molar-refractivity contribution in [2.45, 2.75) is 27.2 Å². The maximum atomic E-state index is 4.20. The van der Waals surface area contributed by atoms with Crippen LogP contribution in [0.25, 0.3) is 0 Å². The summed E-state index contributed by atoms with van der Waals surface area (Å²) in [6, 6.07) is 0. The lowest BCUT2D eigenvalue weighted by molar-refractivity contribution is 1.16. The molecule has 0 aromatic heterocycles. The molecule has 0 rings (SSSR count). The van der Waals surface area contributed by atoms with E-state index in [4.69, 9.17) is 0 Å². The summed E-state index contributed by atoms with van der Waals surface area (Å²) in [6.45, 7) is 6.26. The van der Waals surface area contributed by atoms with E-state index in [1.54, 1.807) is 11.8 Å². The van der Waals surface area contributed by atoms with Crippen molar-refractivity contribution in [3.63, 3.8) is 0 Å². The fourth-order valence-electron chi connectivity index (χ4n) is 0.543. The Bertz CT molecular complexity index is 127. The van der Waals surface area contributed by atoms with Crippen LogP contribution in [0.3, 0.4) is 0 Å². The molecule has 0 saturated carbocycles. The zero-order chi connectivity index (χ0) is 7.82. The molecule has 1 nitrogen and oxygen atoms in total. The number of allylic oxidation sites excluding steroid dienone is 2. The first-order valence-electron chi connectivity index (χ1n) is 3.62. The maximum Gasteiger partial charge on any atom is 0.0599 e. The van der Waals surface area contributed by atoms with Gasteiger partial charge in [-0.1, -0.05) is 19.9 Å². The summed E-state index contributed by atoms with van der Waals surface area (Å²) in [5.74, 6) is 1.10. The van der Waals surface area contributed by atoms with Crippen LogP contribution in [0.4, 0.5) is 0 Å². The summed E-state index contributed by atoms with van der Waals surface area (Å²) in [5, 5.41) is 0. The van der Waals surface area contributed by atoms with Crippen LogP contribution >= 0.6 is 11.8 Å². The van der Waals surface area contributed by atoms with Gasteiger partial charge in [-0.25, -0.2) is 0 Å². The average molecular weight is 157 g/mol. The van der Waals surface area contributed by atoms with Crippen LogP contribution in [0.5, 0.6) is 0 Å². The van der Waals surface area contributed by atoms with Crippen molar-refractivity contribution in [3.8, 4) is 0 Å². The zero-order valence-corrected chi connectivity index (χ0v) is 7.74. The van der Waals surface area contributed by atoms with Gasteiger partial charge in [0.05, 0.1) is 5.55 Å². The molecule has 0 aliphatic heterocycles. The summed E-state index contributed by atoms with van der Waals surface area (Å²) in [6.07, 6.45) is 3.19. The summed E-state index contributed by atoms with van der Waals surface area (Å²) in [4.78, 5) is 4.20. The minimum atomic E-state index is 1.07. The molecule has 0 aromatic rings. The summed E-state index contributed by atoms with van der Waals surface area (Å²) in [7, 11) is 0. The first kappa shape index (κ1) is 9.76.